The van der Waals surface area contributed by atoms with Crippen LogP contribution in [0, 0.1) is 3.57 Å². The Morgan fingerprint density at radius 1 is 1.35 bits per heavy atom. The number of nitrogens with one attached hydrogen (secondary N) is 2. The molecule has 1 aromatic heterocycles. The van der Waals surface area contributed by atoms with Crippen LogP contribution in [0.25, 0.3) is 0 Å². The molecule has 1 aromatic carbocycles. The van der Waals surface area contributed by atoms with Gasteiger partial charge in [-0.1, -0.05) is 17.7 Å². The van der Waals surface area contributed by atoms with Gasteiger partial charge in [0.25, 0.3) is 0 Å². The first-order valence-electron chi connectivity index (χ1n) is 4.71. The lowest BCUT2D eigenvalue weighted by molar-refractivity contribution is 1.12. The molecule has 0 aliphatic rings. The Bertz CT molecular complexity index is 534. The topological polar surface area (TPSA) is 75.9 Å². The van der Waals surface area contributed by atoms with E-state index in [1.807, 2.05) is 24.3 Å². The van der Waals surface area contributed by atoms with Crippen LogP contribution in [-0.2, 0) is 0 Å². The summed E-state index contributed by atoms with van der Waals surface area (Å²) in [5.41, 5.74) is 3.27. The van der Waals surface area contributed by atoms with E-state index in [-0.39, 0.29) is 0 Å². The average molecular weight is 362 g/mol. The van der Waals surface area contributed by atoms with E-state index in [0.29, 0.717) is 16.8 Å². The number of hydrogen-bond donors (Lipinski definition) is 3. The predicted molar refractivity (Wildman–Crippen MR) is 77.3 cm³/mol. The van der Waals surface area contributed by atoms with Gasteiger partial charge in [0, 0.05) is 9.26 Å². The Labute approximate surface area is 117 Å². The number of nitrogens with two attached hydrogens (primary N) is 1. The molecule has 0 fully saturated rings. The van der Waals surface area contributed by atoms with E-state index in [4.69, 9.17) is 17.4 Å². The number of hydrogen-bond acceptors (Lipinski definition) is 5. The van der Waals surface area contributed by atoms with Gasteiger partial charge in [-0.3, -0.25) is 5.43 Å². The number of hydrazine groups is 1. The molecule has 2 rings (SSSR count). The van der Waals surface area contributed by atoms with Crippen molar-refractivity contribution in [3.63, 3.8) is 0 Å². The summed E-state index contributed by atoms with van der Waals surface area (Å²) in [6.07, 6.45) is 1.49. The van der Waals surface area contributed by atoms with Gasteiger partial charge in [0.15, 0.2) is 5.82 Å². The van der Waals surface area contributed by atoms with Crippen molar-refractivity contribution in [3.05, 3.63) is 39.1 Å². The third-order valence-electron chi connectivity index (χ3n) is 1.96. The van der Waals surface area contributed by atoms with E-state index in [1.165, 1.54) is 6.20 Å². The van der Waals surface area contributed by atoms with Crippen LogP contribution in [0.2, 0.25) is 5.02 Å². The Kier molecular flexibility index (Phi) is 3.97. The Morgan fingerprint density at radius 2 is 2.18 bits per heavy atom. The highest BCUT2D eigenvalue weighted by atomic mass is 127. The van der Waals surface area contributed by atoms with Crippen molar-refractivity contribution in [2.24, 2.45) is 5.84 Å². The fourth-order valence-corrected chi connectivity index (χ4v) is 1.91. The lowest BCUT2D eigenvalue weighted by Gasteiger charge is -2.08. The van der Waals surface area contributed by atoms with Gasteiger partial charge in [-0.25, -0.2) is 10.8 Å². The van der Waals surface area contributed by atoms with Crippen LogP contribution in [0.15, 0.2) is 30.5 Å². The maximum Gasteiger partial charge on any atom is 0.239 e. The molecule has 2 aromatic rings. The molecule has 0 aliphatic heterocycles. The first-order chi connectivity index (χ1) is 8.19. The van der Waals surface area contributed by atoms with Crippen LogP contribution >= 0.6 is 34.2 Å². The minimum absolute atomic E-state index is 0.308. The molecule has 0 bridgehead atoms. The van der Waals surface area contributed by atoms with Crippen molar-refractivity contribution in [2.45, 2.75) is 0 Å². The van der Waals surface area contributed by atoms with Gasteiger partial charge in [-0.15, -0.1) is 0 Å². The Balaban J connectivity index is 2.29. The molecule has 0 saturated heterocycles. The fourth-order valence-electron chi connectivity index (χ4n) is 1.23. The summed E-state index contributed by atoms with van der Waals surface area (Å²) < 4.78 is 1.12. The van der Waals surface area contributed by atoms with Crippen LogP contribution in [0.4, 0.5) is 17.5 Å². The molecule has 0 amide bonds. The molecule has 0 aliphatic carbocycles. The van der Waals surface area contributed by atoms with Crippen molar-refractivity contribution < 1.29 is 0 Å². The van der Waals surface area contributed by atoms with Crippen LogP contribution in [0.3, 0.4) is 0 Å². The number of rotatable bonds is 3. The highest BCUT2D eigenvalue weighted by Gasteiger charge is 2.05. The van der Waals surface area contributed by atoms with Crippen LogP contribution in [0.5, 0.6) is 0 Å². The number of halogens is 2. The maximum atomic E-state index is 5.98. The Hall–Kier alpha value is -1.12. The number of anilines is 3. The van der Waals surface area contributed by atoms with Crippen LogP contribution < -0.4 is 16.6 Å². The first kappa shape index (κ1) is 12.3. The summed E-state index contributed by atoms with van der Waals surface area (Å²) >= 11 is 8.22. The lowest BCUT2D eigenvalue weighted by atomic mass is 10.3. The molecule has 4 N–H and O–H groups in total. The molecular weight excluding hydrogens is 353 g/mol. The standard InChI is InChI=1S/C10H9ClIN5/c11-8-5-14-10(17-13)16-9(8)15-7-3-1-2-6(12)4-7/h1-5H,13H2,(H2,14,15,16,17). The largest absolute Gasteiger partial charge is 0.339 e. The first-order valence-corrected chi connectivity index (χ1v) is 6.16. The Morgan fingerprint density at radius 3 is 2.88 bits per heavy atom. The van der Waals surface area contributed by atoms with E-state index >= 15 is 0 Å². The summed E-state index contributed by atoms with van der Waals surface area (Å²) in [6.45, 7) is 0. The normalized spacial score (nSPS) is 10.1. The minimum atomic E-state index is 0.308. The summed E-state index contributed by atoms with van der Waals surface area (Å²) in [6, 6.07) is 7.85. The molecule has 0 saturated carbocycles. The second kappa shape index (κ2) is 5.48. The van der Waals surface area contributed by atoms with Crippen molar-refractivity contribution in [1.29, 1.82) is 0 Å². The number of nitrogen functional groups attached to an aromatic ring is 1. The maximum absolute atomic E-state index is 5.98. The minimum Gasteiger partial charge on any atom is -0.339 e. The number of nitrogens with zero attached hydrogens (tertiary/aromatic N) is 2. The summed E-state index contributed by atoms with van der Waals surface area (Å²) in [5, 5.41) is 3.54. The van der Waals surface area contributed by atoms with Crippen LogP contribution in [0.1, 0.15) is 0 Å². The van der Waals surface area contributed by atoms with Crippen molar-refractivity contribution in [3.8, 4) is 0 Å². The predicted octanol–water partition coefficient (Wildman–Crippen LogP) is 2.76. The third-order valence-corrected chi connectivity index (χ3v) is 2.91. The average Bonchev–Trinajstić information content (AvgIpc) is 2.32. The van der Waals surface area contributed by atoms with E-state index < -0.39 is 0 Å². The molecule has 0 radical (unpaired) electrons. The van der Waals surface area contributed by atoms with E-state index in [0.717, 1.165) is 9.26 Å². The van der Waals surface area contributed by atoms with Gasteiger partial charge in [-0.05, 0) is 40.8 Å². The highest BCUT2D eigenvalue weighted by molar-refractivity contribution is 14.1. The molecule has 17 heavy (non-hydrogen) atoms. The highest BCUT2D eigenvalue weighted by Crippen LogP contribution is 2.24. The van der Waals surface area contributed by atoms with Gasteiger partial charge < -0.3 is 5.32 Å². The SMILES string of the molecule is NNc1ncc(Cl)c(Nc2cccc(I)c2)n1. The van der Waals surface area contributed by atoms with Gasteiger partial charge >= 0.3 is 0 Å². The number of aromatic nitrogens is 2. The molecular formula is C10H9ClIN5. The van der Waals surface area contributed by atoms with Crippen molar-refractivity contribution >= 4 is 51.6 Å². The molecule has 5 nitrogen and oxygen atoms in total. The summed E-state index contributed by atoms with van der Waals surface area (Å²) in [7, 11) is 0. The third kappa shape index (κ3) is 3.18. The molecule has 88 valence electrons. The van der Waals surface area contributed by atoms with Gasteiger partial charge in [0.05, 0.1) is 6.20 Å². The summed E-state index contributed by atoms with van der Waals surface area (Å²) in [4.78, 5) is 8.02. The van der Waals surface area contributed by atoms with Gasteiger partial charge in [0.2, 0.25) is 5.95 Å². The van der Waals surface area contributed by atoms with Gasteiger partial charge in [0.1, 0.15) is 5.02 Å². The smallest absolute Gasteiger partial charge is 0.239 e. The monoisotopic (exact) mass is 361 g/mol. The summed E-state index contributed by atoms with van der Waals surface area (Å²) in [5.74, 6) is 6.06. The molecule has 0 atom stereocenters. The van der Waals surface area contributed by atoms with E-state index in [2.05, 4.69) is 43.3 Å². The second-order valence-corrected chi connectivity index (χ2v) is 4.82. The quantitative estimate of drug-likeness (QED) is 0.445. The zero-order chi connectivity index (χ0) is 12.3. The van der Waals surface area contributed by atoms with E-state index in [9.17, 15) is 0 Å². The van der Waals surface area contributed by atoms with Crippen molar-refractivity contribution in [2.75, 3.05) is 10.7 Å². The molecule has 7 heteroatoms. The van der Waals surface area contributed by atoms with Crippen molar-refractivity contribution in [1.82, 2.24) is 9.97 Å². The molecule has 0 unspecified atom stereocenters. The van der Waals surface area contributed by atoms with Gasteiger partial charge in [-0.2, -0.15) is 4.98 Å². The lowest BCUT2D eigenvalue weighted by Crippen LogP contribution is -2.11. The number of benzene rings is 1. The van der Waals surface area contributed by atoms with E-state index in [1.54, 1.807) is 0 Å². The molecule has 1 heterocycles. The fraction of sp³-hybridized carbons (Fsp3) is 0. The zero-order valence-corrected chi connectivity index (χ0v) is 11.5. The zero-order valence-electron chi connectivity index (χ0n) is 8.61. The van der Waals surface area contributed by atoms with Crippen LogP contribution in [-0.4, -0.2) is 9.97 Å². The second-order valence-electron chi connectivity index (χ2n) is 3.17. The molecule has 0 spiro atoms.